The van der Waals surface area contributed by atoms with E-state index >= 15 is 0 Å². The fourth-order valence-corrected chi connectivity index (χ4v) is 1.69. The Morgan fingerprint density at radius 1 is 1.57 bits per heavy atom. The molecule has 0 aromatic heterocycles. The van der Waals surface area contributed by atoms with Gasteiger partial charge in [-0.1, -0.05) is 6.92 Å². The molecule has 0 spiro atoms. The monoisotopic (exact) mass is 257 g/mol. The molecule has 0 amide bonds. The number of rotatable bonds is 3. The lowest BCUT2D eigenvalue weighted by Gasteiger charge is -2.07. The molecule has 1 aromatic rings. The smallest absolute Gasteiger partial charge is 0.180 e. The predicted molar refractivity (Wildman–Crippen MR) is 58.6 cm³/mol. The van der Waals surface area contributed by atoms with Crippen molar-refractivity contribution < 1.29 is 9.90 Å². The molecule has 0 aliphatic heterocycles. The minimum Gasteiger partial charge on any atom is -0.506 e. The Bertz CT molecular complexity index is 363. The van der Waals surface area contributed by atoms with E-state index in [4.69, 9.17) is 5.73 Å². The van der Waals surface area contributed by atoms with Crippen molar-refractivity contribution in [2.24, 2.45) is 5.73 Å². The van der Waals surface area contributed by atoms with Crippen molar-refractivity contribution in [1.29, 1.82) is 0 Å². The summed E-state index contributed by atoms with van der Waals surface area (Å²) in [5.74, 6) is -0.281. The van der Waals surface area contributed by atoms with Gasteiger partial charge in [-0.2, -0.15) is 0 Å². The van der Waals surface area contributed by atoms with Crippen molar-refractivity contribution in [1.82, 2.24) is 0 Å². The lowest BCUT2D eigenvalue weighted by molar-refractivity contribution is 0.0998. The van der Waals surface area contributed by atoms with Crippen LogP contribution < -0.4 is 5.73 Å². The van der Waals surface area contributed by atoms with Crippen LogP contribution >= 0.6 is 15.9 Å². The van der Waals surface area contributed by atoms with E-state index in [1.807, 2.05) is 6.92 Å². The average Bonchev–Trinajstić information content (AvgIpc) is 2.20. The van der Waals surface area contributed by atoms with E-state index in [2.05, 4.69) is 15.9 Å². The molecule has 0 bridgehead atoms. The van der Waals surface area contributed by atoms with Crippen LogP contribution in [0.3, 0.4) is 0 Å². The van der Waals surface area contributed by atoms with Crippen LogP contribution in [-0.4, -0.2) is 17.4 Å². The van der Waals surface area contributed by atoms with Crippen molar-refractivity contribution in [3.8, 4) is 5.75 Å². The molecule has 0 radical (unpaired) electrons. The molecule has 0 aliphatic carbocycles. The third-order valence-corrected chi connectivity index (χ3v) is 2.62. The number of carbonyl (C=O) groups excluding carboxylic acids is 1. The van der Waals surface area contributed by atoms with Crippen LogP contribution in [0, 0.1) is 0 Å². The molecule has 1 rings (SSSR count). The highest BCUT2D eigenvalue weighted by atomic mass is 79.9. The summed E-state index contributed by atoms with van der Waals surface area (Å²) in [5, 5.41) is 9.60. The van der Waals surface area contributed by atoms with Crippen LogP contribution in [0.15, 0.2) is 16.6 Å². The zero-order chi connectivity index (χ0) is 10.7. The largest absolute Gasteiger partial charge is 0.506 e. The Morgan fingerprint density at radius 3 is 2.71 bits per heavy atom. The third-order valence-electron chi connectivity index (χ3n) is 2.02. The zero-order valence-electron chi connectivity index (χ0n) is 7.88. The van der Waals surface area contributed by atoms with E-state index in [-0.39, 0.29) is 18.1 Å². The predicted octanol–water partition coefficient (Wildman–Crippen LogP) is 1.86. The van der Waals surface area contributed by atoms with E-state index in [1.54, 1.807) is 12.1 Å². The van der Waals surface area contributed by atoms with Gasteiger partial charge in [0.1, 0.15) is 5.75 Å². The minimum absolute atomic E-state index is 0.0300. The molecule has 1 aromatic carbocycles. The lowest BCUT2D eigenvalue weighted by atomic mass is 10.0. The van der Waals surface area contributed by atoms with Crippen LogP contribution in [0.5, 0.6) is 5.75 Å². The van der Waals surface area contributed by atoms with Crippen molar-refractivity contribution in [2.75, 3.05) is 6.54 Å². The maximum atomic E-state index is 11.3. The first-order valence-electron chi connectivity index (χ1n) is 4.34. The molecule has 0 unspecified atom stereocenters. The molecule has 0 saturated carbocycles. The number of phenols is 1. The molecule has 3 N–H and O–H groups in total. The molecule has 4 heteroatoms. The van der Waals surface area contributed by atoms with Gasteiger partial charge in [0.25, 0.3) is 0 Å². The molecule has 0 aliphatic rings. The summed E-state index contributed by atoms with van der Waals surface area (Å²) in [5.41, 5.74) is 6.52. The lowest BCUT2D eigenvalue weighted by Crippen LogP contribution is -2.14. The van der Waals surface area contributed by atoms with Gasteiger partial charge >= 0.3 is 0 Å². The first-order valence-corrected chi connectivity index (χ1v) is 5.14. The van der Waals surface area contributed by atoms with Crippen molar-refractivity contribution in [3.63, 3.8) is 0 Å². The second-order valence-corrected chi connectivity index (χ2v) is 3.81. The quantitative estimate of drug-likeness (QED) is 0.813. The number of Topliss-reactive ketones (excluding diaryl/α,β-unsaturated/α-hetero) is 1. The number of hydrogen-bond donors (Lipinski definition) is 2. The number of hydrogen-bond acceptors (Lipinski definition) is 3. The number of benzene rings is 1. The molecule has 3 nitrogen and oxygen atoms in total. The van der Waals surface area contributed by atoms with Gasteiger partial charge in [0, 0.05) is 0 Å². The minimum atomic E-state index is -0.251. The Hall–Kier alpha value is -0.870. The summed E-state index contributed by atoms with van der Waals surface area (Å²) in [6.07, 6.45) is 0.809. The second kappa shape index (κ2) is 4.57. The number of halogens is 1. The van der Waals surface area contributed by atoms with E-state index in [9.17, 15) is 9.90 Å². The fraction of sp³-hybridized carbons (Fsp3) is 0.300. The molecule has 0 atom stereocenters. The summed E-state index contributed by atoms with van der Waals surface area (Å²) < 4.78 is 0.536. The highest BCUT2D eigenvalue weighted by Gasteiger charge is 2.13. The fourth-order valence-electron chi connectivity index (χ4n) is 1.18. The number of aryl methyl sites for hydroxylation is 1. The summed E-state index contributed by atoms with van der Waals surface area (Å²) in [4.78, 5) is 11.3. The van der Waals surface area contributed by atoms with Crippen LogP contribution in [0.2, 0.25) is 0 Å². The van der Waals surface area contributed by atoms with E-state index in [0.717, 1.165) is 12.0 Å². The maximum Gasteiger partial charge on any atom is 0.180 e. The number of carbonyl (C=O) groups is 1. The molecule has 0 saturated heterocycles. The van der Waals surface area contributed by atoms with Gasteiger partial charge in [0.2, 0.25) is 0 Å². The first kappa shape index (κ1) is 11.2. The Kier molecular flexibility index (Phi) is 3.66. The van der Waals surface area contributed by atoms with Crippen molar-refractivity contribution >= 4 is 21.7 Å². The first-order chi connectivity index (χ1) is 6.60. The number of nitrogens with two attached hydrogens (primary N) is 1. The van der Waals surface area contributed by atoms with E-state index < -0.39 is 0 Å². The Balaban J connectivity index is 3.27. The van der Waals surface area contributed by atoms with Crippen LogP contribution in [0.4, 0.5) is 0 Å². The van der Waals surface area contributed by atoms with Gasteiger partial charge in [-0.25, -0.2) is 0 Å². The maximum absolute atomic E-state index is 11.3. The van der Waals surface area contributed by atoms with E-state index in [0.29, 0.717) is 10.0 Å². The highest BCUT2D eigenvalue weighted by Crippen LogP contribution is 2.29. The zero-order valence-corrected chi connectivity index (χ0v) is 9.47. The third kappa shape index (κ3) is 2.13. The summed E-state index contributed by atoms with van der Waals surface area (Å²) in [6, 6.07) is 3.47. The summed E-state index contributed by atoms with van der Waals surface area (Å²) in [7, 11) is 0. The van der Waals surface area contributed by atoms with Crippen molar-refractivity contribution in [3.05, 3.63) is 27.7 Å². The van der Waals surface area contributed by atoms with Gasteiger partial charge in [-0.15, -0.1) is 0 Å². The molecule has 0 fully saturated rings. The van der Waals surface area contributed by atoms with Crippen LogP contribution in [0.25, 0.3) is 0 Å². The molecular formula is C10H12BrNO2. The average molecular weight is 258 g/mol. The number of ketones is 1. The Labute approximate surface area is 91.1 Å². The van der Waals surface area contributed by atoms with Crippen molar-refractivity contribution in [2.45, 2.75) is 13.3 Å². The van der Waals surface area contributed by atoms with E-state index in [1.165, 1.54) is 0 Å². The van der Waals surface area contributed by atoms with Gasteiger partial charge in [-0.05, 0) is 40.0 Å². The molecular weight excluding hydrogens is 246 g/mol. The van der Waals surface area contributed by atoms with Crippen LogP contribution in [0.1, 0.15) is 22.8 Å². The molecule has 0 heterocycles. The van der Waals surface area contributed by atoms with Gasteiger partial charge in [0.05, 0.1) is 16.6 Å². The van der Waals surface area contributed by atoms with Gasteiger partial charge < -0.3 is 10.8 Å². The molecule has 14 heavy (non-hydrogen) atoms. The normalized spacial score (nSPS) is 10.2. The number of aromatic hydroxyl groups is 1. The summed E-state index contributed by atoms with van der Waals surface area (Å²) in [6.45, 7) is 1.89. The standard InChI is InChI=1S/C10H12BrNO2/c1-2-6-3-7(9(13)5-12)10(14)8(11)4-6/h3-4,14H,2,5,12H2,1H3. The van der Waals surface area contributed by atoms with Gasteiger partial charge in [-0.3, -0.25) is 4.79 Å². The topological polar surface area (TPSA) is 63.3 Å². The van der Waals surface area contributed by atoms with Crippen LogP contribution in [-0.2, 0) is 6.42 Å². The Morgan fingerprint density at radius 2 is 2.21 bits per heavy atom. The SMILES string of the molecule is CCc1cc(Br)c(O)c(C(=O)CN)c1. The van der Waals surface area contributed by atoms with Gasteiger partial charge in [0.15, 0.2) is 5.78 Å². The number of phenolic OH excluding ortho intramolecular Hbond substituents is 1. The highest BCUT2D eigenvalue weighted by molar-refractivity contribution is 9.10. The second-order valence-electron chi connectivity index (χ2n) is 2.95. The molecule has 76 valence electrons. The summed E-state index contributed by atoms with van der Waals surface area (Å²) >= 11 is 3.19.